The summed E-state index contributed by atoms with van der Waals surface area (Å²) in [7, 11) is 0. The van der Waals surface area contributed by atoms with Crippen LogP contribution in [-0.4, -0.2) is 24.5 Å². The van der Waals surface area contributed by atoms with Gasteiger partial charge in [-0.15, -0.1) is 0 Å². The van der Waals surface area contributed by atoms with Crippen LogP contribution < -0.4 is 5.32 Å². The van der Waals surface area contributed by atoms with Crippen LogP contribution in [0.25, 0.3) is 0 Å². The van der Waals surface area contributed by atoms with Gasteiger partial charge in [-0.25, -0.2) is 0 Å². The number of hydrogen-bond acceptors (Lipinski definition) is 4. The molecule has 0 heterocycles. The van der Waals surface area contributed by atoms with Crippen molar-refractivity contribution >= 4 is 17.4 Å². The molecule has 0 aliphatic carbocycles. The summed E-state index contributed by atoms with van der Waals surface area (Å²) >= 11 is 0. The highest BCUT2D eigenvalue weighted by molar-refractivity contribution is 5.98. The molecule has 1 rings (SSSR count). The van der Waals surface area contributed by atoms with Gasteiger partial charge >= 0.3 is 18.3 Å². The Labute approximate surface area is 139 Å². The second-order valence-corrected chi connectivity index (χ2v) is 4.76. The van der Waals surface area contributed by atoms with Gasteiger partial charge in [0.05, 0.1) is 18.6 Å². The zero-order valence-corrected chi connectivity index (χ0v) is 12.9. The number of hydrogen-bond donors (Lipinski definition) is 2. The van der Waals surface area contributed by atoms with Crippen LogP contribution in [0.15, 0.2) is 36.0 Å². The molecule has 0 saturated carbocycles. The number of alkyl halides is 6. The number of carbonyl (C=O) groups is 1. The predicted octanol–water partition coefficient (Wildman–Crippen LogP) is 4.54. The number of carbonyl (C=O) groups excluding carboxylic acids is 1. The summed E-state index contributed by atoms with van der Waals surface area (Å²) in [6.45, 7) is 1.51. The highest BCUT2D eigenvalue weighted by atomic mass is 19.4. The molecule has 0 amide bonds. The first-order chi connectivity index (χ1) is 11.4. The molecular formula is C15H14F6N2O2. The first-order valence-corrected chi connectivity index (χ1v) is 6.89. The van der Waals surface area contributed by atoms with E-state index >= 15 is 0 Å². The van der Waals surface area contributed by atoms with Crippen molar-refractivity contribution in [1.29, 1.82) is 5.41 Å². The van der Waals surface area contributed by atoms with Crippen molar-refractivity contribution in [2.45, 2.75) is 25.7 Å². The van der Waals surface area contributed by atoms with Gasteiger partial charge in [-0.2, -0.15) is 26.3 Å². The van der Waals surface area contributed by atoms with Crippen molar-refractivity contribution in [3.8, 4) is 0 Å². The summed E-state index contributed by atoms with van der Waals surface area (Å²) in [5, 5.41) is 9.36. The largest absolute Gasteiger partial charge is 0.466 e. The van der Waals surface area contributed by atoms with Crippen molar-refractivity contribution < 1.29 is 35.9 Å². The highest BCUT2D eigenvalue weighted by Crippen LogP contribution is 2.30. The molecule has 10 heteroatoms. The molecule has 2 N–H and O–H groups in total. The second-order valence-electron chi connectivity index (χ2n) is 4.76. The monoisotopic (exact) mass is 368 g/mol. The highest BCUT2D eigenvalue weighted by Gasteiger charge is 2.33. The molecule has 0 unspecified atom stereocenters. The SMILES string of the molecule is CCOC(=O)C/C(=C/C(=N)C(F)(F)F)Nc1ccc(C(F)(F)F)cc1. The topological polar surface area (TPSA) is 62.2 Å². The van der Waals surface area contributed by atoms with Crippen LogP contribution in [0.1, 0.15) is 18.9 Å². The van der Waals surface area contributed by atoms with E-state index in [1.54, 1.807) is 0 Å². The first-order valence-electron chi connectivity index (χ1n) is 6.89. The molecule has 25 heavy (non-hydrogen) atoms. The summed E-state index contributed by atoms with van der Waals surface area (Å²) in [6.07, 6.45) is -9.70. The van der Waals surface area contributed by atoms with Gasteiger partial charge in [0.2, 0.25) is 0 Å². The number of esters is 1. The van der Waals surface area contributed by atoms with E-state index in [1.165, 1.54) is 6.92 Å². The van der Waals surface area contributed by atoms with E-state index in [1.807, 2.05) is 0 Å². The lowest BCUT2D eigenvalue weighted by atomic mass is 10.1. The Morgan fingerprint density at radius 1 is 1.16 bits per heavy atom. The third-order valence-corrected chi connectivity index (χ3v) is 2.78. The zero-order chi connectivity index (χ0) is 19.3. The fourth-order valence-corrected chi connectivity index (χ4v) is 1.68. The molecule has 0 fully saturated rings. The second kappa shape index (κ2) is 8.04. The summed E-state index contributed by atoms with van der Waals surface area (Å²) in [5.41, 5.74) is -2.96. The minimum atomic E-state index is -4.93. The van der Waals surface area contributed by atoms with Crippen LogP contribution in [0.2, 0.25) is 0 Å². The van der Waals surface area contributed by atoms with Crippen LogP contribution in [0, 0.1) is 5.41 Å². The maximum atomic E-state index is 12.5. The Morgan fingerprint density at radius 2 is 1.72 bits per heavy atom. The molecule has 0 saturated heterocycles. The molecule has 1 aromatic rings. The number of allylic oxidation sites excluding steroid dienone is 1. The van der Waals surface area contributed by atoms with Gasteiger partial charge in [-0.05, 0) is 37.3 Å². The summed E-state index contributed by atoms with van der Waals surface area (Å²) in [5.74, 6) is -0.844. The maximum Gasteiger partial charge on any atom is 0.432 e. The first kappa shape index (κ1) is 20.5. The zero-order valence-electron chi connectivity index (χ0n) is 12.9. The van der Waals surface area contributed by atoms with E-state index in [4.69, 9.17) is 5.41 Å². The minimum Gasteiger partial charge on any atom is -0.466 e. The standard InChI is InChI=1S/C15H14F6N2O2/c1-2-25-13(24)8-11(7-12(22)15(19,20)21)23-10-5-3-9(4-6-10)14(16,17)18/h3-7,22-23H,2,8H2,1H3/b11-7-,22-12?. The van der Waals surface area contributed by atoms with Crippen LogP contribution in [0.3, 0.4) is 0 Å². The number of nitrogens with one attached hydrogen (secondary N) is 2. The third kappa shape index (κ3) is 6.86. The lowest BCUT2D eigenvalue weighted by Crippen LogP contribution is -2.21. The van der Waals surface area contributed by atoms with Crippen molar-refractivity contribution in [3.05, 3.63) is 41.6 Å². The number of halogens is 6. The molecule has 0 radical (unpaired) electrons. The Kier molecular flexibility index (Phi) is 6.60. The summed E-state index contributed by atoms with van der Waals surface area (Å²) in [4.78, 5) is 11.5. The van der Waals surface area contributed by atoms with Gasteiger partial charge in [0.25, 0.3) is 0 Å². The van der Waals surface area contributed by atoms with E-state index < -0.39 is 36.0 Å². The Morgan fingerprint density at radius 3 is 2.16 bits per heavy atom. The van der Waals surface area contributed by atoms with Crippen LogP contribution in [0.4, 0.5) is 32.0 Å². The summed E-state index contributed by atoms with van der Waals surface area (Å²) in [6, 6.07) is 3.47. The Balaban J connectivity index is 3.02. The summed E-state index contributed by atoms with van der Waals surface area (Å²) < 4.78 is 79.5. The molecule has 1 aromatic carbocycles. The average Bonchev–Trinajstić information content (AvgIpc) is 2.45. The fraction of sp³-hybridized carbons (Fsp3) is 0.333. The molecule has 0 aliphatic heterocycles. The molecule has 4 nitrogen and oxygen atoms in total. The van der Waals surface area contributed by atoms with E-state index in [9.17, 15) is 31.1 Å². The Bertz CT molecular complexity index is 647. The van der Waals surface area contributed by atoms with E-state index in [0.717, 1.165) is 24.3 Å². The molecule has 0 bridgehead atoms. The van der Waals surface area contributed by atoms with Crippen LogP contribution in [0.5, 0.6) is 0 Å². The van der Waals surface area contributed by atoms with Gasteiger partial charge in [-0.3, -0.25) is 10.2 Å². The number of benzene rings is 1. The number of anilines is 1. The molecule has 0 aromatic heterocycles. The quantitative estimate of drug-likeness (QED) is 0.440. The van der Waals surface area contributed by atoms with Gasteiger partial charge in [-0.1, -0.05) is 0 Å². The van der Waals surface area contributed by atoms with Crippen molar-refractivity contribution in [3.63, 3.8) is 0 Å². The van der Waals surface area contributed by atoms with Gasteiger partial charge in [0, 0.05) is 11.4 Å². The average molecular weight is 368 g/mol. The third-order valence-electron chi connectivity index (χ3n) is 2.78. The van der Waals surface area contributed by atoms with Crippen molar-refractivity contribution in [2.75, 3.05) is 11.9 Å². The molecule has 138 valence electrons. The fourth-order valence-electron chi connectivity index (χ4n) is 1.68. The van der Waals surface area contributed by atoms with Gasteiger partial charge in [0.15, 0.2) is 0 Å². The predicted molar refractivity (Wildman–Crippen MR) is 78.2 cm³/mol. The number of ether oxygens (including phenoxy) is 1. The van der Waals surface area contributed by atoms with E-state index in [-0.39, 0.29) is 18.0 Å². The minimum absolute atomic E-state index is 0.00309. The molecule has 0 spiro atoms. The van der Waals surface area contributed by atoms with Crippen LogP contribution >= 0.6 is 0 Å². The van der Waals surface area contributed by atoms with Gasteiger partial charge in [0.1, 0.15) is 5.71 Å². The smallest absolute Gasteiger partial charge is 0.432 e. The van der Waals surface area contributed by atoms with Crippen LogP contribution in [-0.2, 0) is 15.7 Å². The van der Waals surface area contributed by atoms with Crippen molar-refractivity contribution in [2.24, 2.45) is 0 Å². The lowest BCUT2D eigenvalue weighted by molar-refractivity contribution is -0.142. The maximum absolute atomic E-state index is 12.5. The molecule has 0 atom stereocenters. The lowest BCUT2D eigenvalue weighted by Gasteiger charge is -2.13. The normalized spacial score (nSPS) is 12.7. The Hall–Kier alpha value is -2.52. The molecule has 0 aliphatic rings. The van der Waals surface area contributed by atoms with Crippen molar-refractivity contribution in [1.82, 2.24) is 0 Å². The van der Waals surface area contributed by atoms with E-state index in [2.05, 4.69) is 10.1 Å². The van der Waals surface area contributed by atoms with E-state index in [0.29, 0.717) is 6.08 Å². The van der Waals surface area contributed by atoms with Gasteiger partial charge < -0.3 is 10.1 Å². The molecular weight excluding hydrogens is 354 g/mol. The number of rotatable bonds is 6.